The highest BCUT2D eigenvalue weighted by atomic mass is 32.2. The maximum Gasteiger partial charge on any atom is 0.196 e. The van der Waals surface area contributed by atoms with Gasteiger partial charge in [-0.2, -0.15) is 5.26 Å². The van der Waals surface area contributed by atoms with Gasteiger partial charge in [0.2, 0.25) is 0 Å². The molecule has 2 fully saturated rings. The van der Waals surface area contributed by atoms with Gasteiger partial charge in [-0.3, -0.25) is 0 Å². The quantitative estimate of drug-likeness (QED) is 0.861. The molecule has 0 amide bonds. The van der Waals surface area contributed by atoms with Crippen LogP contribution in [0.4, 0.5) is 0 Å². The lowest BCUT2D eigenvalue weighted by Gasteiger charge is -2.08. The Bertz CT molecular complexity index is 692. The van der Waals surface area contributed by atoms with Crippen molar-refractivity contribution < 1.29 is 0 Å². The summed E-state index contributed by atoms with van der Waals surface area (Å²) in [6.07, 6.45) is 4.98. The minimum atomic E-state index is 0.599. The highest BCUT2D eigenvalue weighted by Gasteiger charge is 2.36. The Morgan fingerprint density at radius 1 is 1.20 bits per heavy atom. The lowest BCUT2D eigenvalue weighted by atomic mass is 10.2. The van der Waals surface area contributed by atoms with E-state index in [-0.39, 0.29) is 0 Å². The largest absolute Gasteiger partial charge is 0.302 e. The van der Waals surface area contributed by atoms with Crippen molar-refractivity contribution in [3.63, 3.8) is 0 Å². The monoisotopic (exact) mass is 282 g/mol. The van der Waals surface area contributed by atoms with E-state index in [1.807, 2.05) is 24.3 Å². The Morgan fingerprint density at radius 3 is 2.75 bits per heavy atom. The van der Waals surface area contributed by atoms with Gasteiger partial charge < -0.3 is 4.57 Å². The fraction of sp³-hybridized carbons (Fsp3) is 0.400. The molecule has 0 aliphatic heterocycles. The van der Waals surface area contributed by atoms with E-state index in [1.54, 1.807) is 11.8 Å². The average Bonchev–Trinajstić information content (AvgIpc) is 3.38. The van der Waals surface area contributed by atoms with Crippen molar-refractivity contribution in [1.29, 1.82) is 5.26 Å². The van der Waals surface area contributed by atoms with Crippen LogP contribution in [0.5, 0.6) is 0 Å². The molecule has 2 aliphatic carbocycles. The fourth-order valence-electron chi connectivity index (χ4n) is 2.39. The molecule has 4 nitrogen and oxygen atoms in total. The normalized spacial score (nSPS) is 17.9. The Morgan fingerprint density at radius 2 is 2.05 bits per heavy atom. The van der Waals surface area contributed by atoms with Crippen LogP contribution in [-0.4, -0.2) is 14.8 Å². The average molecular weight is 282 g/mol. The smallest absolute Gasteiger partial charge is 0.196 e. The predicted octanol–water partition coefficient (Wildman–Crippen LogP) is 3.51. The highest BCUT2D eigenvalue weighted by Crippen LogP contribution is 2.46. The molecule has 1 aromatic carbocycles. The van der Waals surface area contributed by atoms with E-state index in [0.29, 0.717) is 17.5 Å². The first kappa shape index (κ1) is 12.0. The zero-order chi connectivity index (χ0) is 13.5. The summed E-state index contributed by atoms with van der Waals surface area (Å²) in [4.78, 5) is 1.06. The standard InChI is InChI=1S/C15H14N4S/c16-9-10-2-1-3-13(8-10)20-15-18-17-14(11-4-5-11)19(15)12-6-7-12/h1-3,8,11-12H,4-7H2. The van der Waals surface area contributed by atoms with Crippen LogP contribution in [0, 0.1) is 11.3 Å². The van der Waals surface area contributed by atoms with Crippen molar-refractivity contribution in [2.45, 2.75) is 47.7 Å². The lowest BCUT2D eigenvalue weighted by Crippen LogP contribution is -2.01. The van der Waals surface area contributed by atoms with Gasteiger partial charge in [0, 0.05) is 16.9 Å². The van der Waals surface area contributed by atoms with Crippen LogP contribution in [0.3, 0.4) is 0 Å². The summed E-state index contributed by atoms with van der Waals surface area (Å²) in [6.45, 7) is 0. The van der Waals surface area contributed by atoms with Gasteiger partial charge in [0.1, 0.15) is 5.82 Å². The Hall–Kier alpha value is -1.80. The Balaban J connectivity index is 1.66. The molecule has 5 heteroatoms. The maximum absolute atomic E-state index is 8.97. The third-order valence-electron chi connectivity index (χ3n) is 3.72. The van der Waals surface area contributed by atoms with Crippen LogP contribution in [-0.2, 0) is 0 Å². The number of benzene rings is 1. The van der Waals surface area contributed by atoms with Gasteiger partial charge in [0.05, 0.1) is 11.6 Å². The Labute approximate surface area is 121 Å². The van der Waals surface area contributed by atoms with Crippen molar-refractivity contribution in [2.75, 3.05) is 0 Å². The molecule has 0 spiro atoms. The lowest BCUT2D eigenvalue weighted by molar-refractivity contribution is 0.627. The molecular weight excluding hydrogens is 268 g/mol. The van der Waals surface area contributed by atoms with Gasteiger partial charge in [-0.25, -0.2) is 0 Å². The molecule has 0 atom stereocenters. The van der Waals surface area contributed by atoms with Gasteiger partial charge in [0.15, 0.2) is 5.16 Å². The van der Waals surface area contributed by atoms with Crippen LogP contribution in [0.15, 0.2) is 34.3 Å². The molecule has 20 heavy (non-hydrogen) atoms. The second-order valence-corrected chi connectivity index (χ2v) is 6.50. The summed E-state index contributed by atoms with van der Waals surface area (Å²) in [5.74, 6) is 1.80. The summed E-state index contributed by atoms with van der Waals surface area (Å²) in [7, 11) is 0. The first-order valence-corrected chi connectivity index (χ1v) is 7.79. The molecular formula is C15H14N4S. The van der Waals surface area contributed by atoms with E-state index in [4.69, 9.17) is 5.26 Å². The number of hydrogen-bond acceptors (Lipinski definition) is 4. The van der Waals surface area contributed by atoms with Crippen molar-refractivity contribution in [3.05, 3.63) is 35.7 Å². The highest BCUT2D eigenvalue weighted by molar-refractivity contribution is 7.99. The van der Waals surface area contributed by atoms with Crippen molar-refractivity contribution in [3.8, 4) is 6.07 Å². The molecule has 0 saturated heterocycles. The van der Waals surface area contributed by atoms with Crippen LogP contribution in [0.1, 0.15) is 49.0 Å². The maximum atomic E-state index is 8.97. The topological polar surface area (TPSA) is 54.5 Å². The van der Waals surface area contributed by atoms with E-state index >= 15 is 0 Å². The summed E-state index contributed by atoms with van der Waals surface area (Å²) in [6, 6.07) is 10.5. The zero-order valence-corrected chi connectivity index (χ0v) is 11.8. The van der Waals surface area contributed by atoms with E-state index < -0.39 is 0 Å². The molecule has 4 rings (SSSR count). The molecule has 1 heterocycles. The SMILES string of the molecule is N#Cc1cccc(Sc2nnc(C3CC3)n2C2CC2)c1. The predicted molar refractivity (Wildman–Crippen MR) is 75.5 cm³/mol. The minimum Gasteiger partial charge on any atom is -0.302 e. The van der Waals surface area contributed by atoms with Crippen LogP contribution < -0.4 is 0 Å². The summed E-state index contributed by atoms with van der Waals surface area (Å²) < 4.78 is 2.33. The first-order chi connectivity index (χ1) is 9.85. The van der Waals surface area contributed by atoms with E-state index in [0.717, 1.165) is 10.1 Å². The van der Waals surface area contributed by atoms with Gasteiger partial charge >= 0.3 is 0 Å². The number of nitrogens with zero attached hydrogens (tertiary/aromatic N) is 4. The van der Waals surface area contributed by atoms with Crippen molar-refractivity contribution >= 4 is 11.8 Å². The van der Waals surface area contributed by atoms with E-state index in [9.17, 15) is 0 Å². The second-order valence-electron chi connectivity index (χ2n) is 5.46. The van der Waals surface area contributed by atoms with Crippen molar-refractivity contribution in [1.82, 2.24) is 14.8 Å². The van der Waals surface area contributed by atoms with E-state index in [2.05, 4.69) is 20.8 Å². The Kier molecular flexibility index (Phi) is 2.78. The summed E-state index contributed by atoms with van der Waals surface area (Å²) >= 11 is 1.62. The summed E-state index contributed by atoms with van der Waals surface area (Å²) in [5.41, 5.74) is 0.690. The molecule has 0 N–H and O–H groups in total. The molecule has 2 aliphatic rings. The van der Waals surface area contributed by atoms with Crippen LogP contribution in [0.25, 0.3) is 0 Å². The second kappa shape index (κ2) is 4.64. The molecule has 2 saturated carbocycles. The van der Waals surface area contributed by atoms with E-state index in [1.165, 1.54) is 31.5 Å². The summed E-state index contributed by atoms with van der Waals surface area (Å²) in [5, 5.41) is 18.7. The molecule has 0 unspecified atom stereocenters. The van der Waals surface area contributed by atoms with Gasteiger partial charge in [-0.05, 0) is 55.6 Å². The third-order valence-corrected chi connectivity index (χ3v) is 4.67. The third kappa shape index (κ3) is 2.20. The van der Waals surface area contributed by atoms with Crippen LogP contribution in [0.2, 0.25) is 0 Å². The van der Waals surface area contributed by atoms with Crippen LogP contribution >= 0.6 is 11.8 Å². The fourth-order valence-corrected chi connectivity index (χ4v) is 3.35. The van der Waals surface area contributed by atoms with Gasteiger partial charge in [-0.15, -0.1) is 10.2 Å². The van der Waals surface area contributed by atoms with Crippen molar-refractivity contribution in [2.24, 2.45) is 0 Å². The molecule has 2 aromatic rings. The number of nitriles is 1. The number of rotatable bonds is 4. The minimum absolute atomic E-state index is 0.599. The molecule has 0 bridgehead atoms. The van der Waals surface area contributed by atoms with Gasteiger partial charge in [0.25, 0.3) is 0 Å². The molecule has 1 aromatic heterocycles. The molecule has 0 radical (unpaired) electrons. The first-order valence-electron chi connectivity index (χ1n) is 6.98. The molecule has 100 valence electrons. The zero-order valence-electron chi connectivity index (χ0n) is 11.0. The van der Waals surface area contributed by atoms with Gasteiger partial charge in [-0.1, -0.05) is 6.07 Å². The number of hydrogen-bond donors (Lipinski definition) is 0. The number of aromatic nitrogens is 3.